The smallest absolute Gasteiger partial charge is 0.306 e. The van der Waals surface area contributed by atoms with Crippen molar-refractivity contribution in [3.05, 3.63) is 48.6 Å². The van der Waals surface area contributed by atoms with Crippen LogP contribution in [0.5, 0.6) is 0 Å². The summed E-state index contributed by atoms with van der Waals surface area (Å²) in [4.78, 5) is 24.7. The minimum atomic E-state index is -0.769. The van der Waals surface area contributed by atoms with Crippen LogP contribution in [0.15, 0.2) is 48.6 Å². The molecule has 0 fully saturated rings. The number of allylic oxidation sites excluding steroid dienone is 8. The molecule has 0 saturated carbocycles. The molecule has 0 radical (unpaired) electrons. The van der Waals surface area contributed by atoms with Crippen molar-refractivity contribution < 1.29 is 24.2 Å². The summed E-state index contributed by atoms with van der Waals surface area (Å²) >= 11 is 0. The Morgan fingerprint density at radius 2 is 0.544 bits per heavy atom. The van der Waals surface area contributed by atoms with Crippen molar-refractivity contribution in [1.29, 1.82) is 0 Å². The van der Waals surface area contributed by atoms with Gasteiger partial charge in [-0.1, -0.05) is 377 Å². The van der Waals surface area contributed by atoms with Crippen LogP contribution in [-0.4, -0.2) is 36.4 Å². The van der Waals surface area contributed by atoms with Crippen molar-refractivity contribution in [2.75, 3.05) is 13.2 Å². The molecule has 0 amide bonds. The first-order valence-electron chi connectivity index (χ1n) is 35.7. The maximum atomic E-state index is 12.4. The monoisotopic (exact) mass is 1110 g/mol. The van der Waals surface area contributed by atoms with Crippen molar-refractivity contribution in [3.8, 4) is 0 Å². The standard InChI is InChI=1S/C74H138O5/c1-3-5-7-9-11-13-15-17-19-21-23-25-27-29-31-33-34-35-36-37-38-39-40-41-43-45-47-49-51-53-55-57-59-61-63-65-67-69-74(77)79-72(70-75)71-78-73(76)68-66-64-62-60-58-56-54-52-50-48-46-44-42-32-30-28-26-24-22-20-18-16-14-12-10-8-6-4-2/h5,7,11,13,17,19,23,25,72,75H,3-4,6,8-10,12,14-16,18,20-22,24,26-71H2,1-2H3/b7-5-,13-11-,19-17-,25-23-. The molecule has 5 nitrogen and oxygen atoms in total. The first kappa shape index (κ1) is 76.9. The van der Waals surface area contributed by atoms with Gasteiger partial charge in [0.1, 0.15) is 6.61 Å². The van der Waals surface area contributed by atoms with Gasteiger partial charge in [0.2, 0.25) is 0 Å². The van der Waals surface area contributed by atoms with Crippen LogP contribution in [0.2, 0.25) is 0 Å². The van der Waals surface area contributed by atoms with Gasteiger partial charge < -0.3 is 14.6 Å². The molecule has 5 heteroatoms. The summed E-state index contributed by atoms with van der Waals surface area (Å²) in [5, 5.41) is 9.71. The van der Waals surface area contributed by atoms with Gasteiger partial charge in [0.15, 0.2) is 6.10 Å². The van der Waals surface area contributed by atoms with E-state index in [2.05, 4.69) is 62.5 Å². The quantitative estimate of drug-likeness (QED) is 0.0373. The van der Waals surface area contributed by atoms with E-state index in [1.807, 2.05) is 0 Å². The molecule has 0 aromatic heterocycles. The molecular weight excluding hydrogens is 969 g/mol. The topological polar surface area (TPSA) is 72.8 Å². The minimum absolute atomic E-state index is 0.0584. The van der Waals surface area contributed by atoms with E-state index in [0.29, 0.717) is 12.8 Å². The van der Waals surface area contributed by atoms with E-state index in [9.17, 15) is 14.7 Å². The lowest BCUT2D eigenvalue weighted by atomic mass is 10.0. The Balaban J connectivity index is 3.37. The van der Waals surface area contributed by atoms with Crippen LogP contribution in [0.3, 0.4) is 0 Å². The number of esters is 2. The molecule has 0 aromatic carbocycles. The average Bonchev–Trinajstić information content (AvgIpc) is 3.45. The van der Waals surface area contributed by atoms with Crippen molar-refractivity contribution in [2.24, 2.45) is 0 Å². The van der Waals surface area contributed by atoms with E-state index in [1.54, 1.807) is 0 Å². The fourth-order valence-electron chi connectivity index (χ4n) is 11.1. The molecule has 0 aliphatic carbocycles. The molecule has 1 unspecified atom stereocenters. The molecule has 464 valence electrons. The highest BCUT2D eigenvalue weighted by Gasteiger charge is 2.16. The van der Waals surface area contributed by atoms with Gasteiger partial charge in [-0.3, -0.25) is 9.59 Å². The predicted octanol–water partition coefficient (Wildman–Crippen LogP) is 24.7. The summed E-state index contributed by atoms with van der Waals surface area (Å²) in [6, 6.07) is 0. The zero-order valence-corrected chi connectivity index (χ0v) is 53.4. The van der Waals surface area contributed by atoms with Crippen molar-refractivity contribution in [3.63, 3.8) is 0 Å². The van der Waals surface area contributed by atoms with E-state index >= 15 is 0 Å². The Morgan fingerprint density at radius 3 is 0.823 bits per heavy atom. The third kappa shape index (κ3) is 68.3. The third-order valence-corrected chi connectivity index (χ3v) is 16.4. The van der Waals surface area contributed by atoms with E-state index in [-0.39, 0.29) is 25.2 Å². The molecule has 0 spiro atoms. The highest BCUT2D eigenvalue weighted by atomic mass is 16.6. The van der Waals surface area contributed by atoms with E-state index in [1.165, 1.54) is 308 Å². The molecule has 0 aliphatic heterocycles. The molecule has 0 heterocycles. The van der Waals surface area contributed by atoms with E-state index in [0.717, 1.165) is 57.8 Å². The number of aliphatic hydroxyl groups is 1. The Hall–Kier alpha value is -2.14. The summed E-state index contributed by atoms with van der Waals surface area (Å²) in [5.74, 6) is -0.564. The normalized spacial score (nSPS) is 12.4. The zero-order chi connectivity index (χ0) is 56.9. The number of hydrogen-bond acceptors (Lipinski definition) is 5. The van der Waals surface area contributed by atoms with Crippen LogP contribution in [0, 0.1) is 0 Å². The van der Waals surface area contributed by atoms with Crippen LogP contribution in [0.1, 0.15) is 393 Å². The first-order chi connectivity index (χ1) is 39.1. The first-order valence-corrected chi connectivity index (χ1v) is 35.7. The van der Waals surface area contributed by atoms with Gasteiger partial charge in [-0.15, -0.1) is 0 Å². The van der Waals surface area contributed by atoms with Crippen LogP contribution in [0.4, 0.5) is 0 Å². The second-order valence-electron chi connectivity index (χ2n) is 24.3. The lowest BCUT2D eigenvalue weighted by molar-refractivity contribution is -0.161. The Bertz CT molecular complexity index is 1300. The number of ether oxygens (including phenoxy) is 2. The van der Waals surface area contributed by atoms with Gasteiger partial charge in [-0.2, -0.15) is 0 Å². The van der Waals surface area contributed by atoms with Gasteiger partial charge in [-0.25, -0.2) is 0 Å². The summed E-state index contributed by atoms with van der Waals surface area (Å²) in [6.45, 7) is 4.10. The fourth-order valence-corrected chi connectivity index (χ4v) is 11.1. The zero-order valence-electron chi connectivity index (χ0n) is 53.4. The highest BCUT2D eigenvalue weighted by Crippen LogP contribution is 2.19. The van der Waals surface area contributed by atoms with E-state index < -0.39 is 6.10 Å². The van der Waals surface area contributed by atoms with Gasteiger partial charge >= 0.3 is 11.9 Å². The van der Waals surface area contributed by atoms with Crippen molar-refractivity contribution in [1.82, 2.24) is 0 Å². The number of unbranched alkanes of at least 4 members (excludes halogenated alkanes) is 51. The molecule has 79 heavy (non-hydrogen) atoms. The summed E-state index contributed by atoms with van der Waals surface area (Å²) in [6.07, 6.45) is 94.5. The number of rotatable bonds is 67. The Labute approximate surface area is 494 Å². The number of carbonyl (C=O) groups excluding carboxylic acids is 2. The van der Waals surface area contributed by atoms with Crippen LogP contribution < -0.4 is 0 Å². The summed E-state index contributed by atoms with van der Waals surface area (Å²) in [5.41, 5.74) is 0. The number of carbonyl (C=O) groups is 2. The molecule has 1 atom stereocenters. The van der Waals surface area contributed by atoms with Gasteiger partial charge in [-0.05, 0) is 51.4 Å². The second-order valence-corrected chi connectivity index (χ2v) is 24.3. The van der Waals surface area contributed by atoms with E-state index in [4.69, 9.17) is 9.47 Å². The minimum Gasteiger partial charge on any atom is -0.462 e. The number of hydrogen-bond donors (Lipinski definition) is 1. The van der Waals surface area contributed by atoms with Crippen LogP contribution >= 0.6 is 0 Å². The highest BCUT2D eigenvalue weighted by molar-refractivity contribution is 5.70. The second kappa shape index (κ2) is 70.1. The molecule has 1 N–H and O–H groups in total. The maximum Gasteiger partial charge on any atom is 0.306 e. The van der Waals surface area contributed by atoms with Crippen molar-refractivity contribution >= 4 is 11.9 Å². The molecule has 0 saturated heterocycles. The maximum absolute atomic E-state index is 12.4. The third-order valence-electron chi connectivity index (χ3n) is 16.4. The molecule has 0 bridgehead atoms. The SMILES string of the molecule is CC/C=C\C/C=C\C/C=C\C/C=C\CCCCCCCCCCCCCCCCCCCCCCCCCCC(=O)OC(CO)COC(=O)CCCCCCCCCCCCCCCCCCCCCCCCCCCCCC. The lowest BCUT2D eigenvalue weighted by Gasteiger charge is -2.15. The van der Waals surface area contributed by atoms with Gasteiger partial charge in [0.05, 0.1) is 6.61 Å². The lowest BCUT2D eigenvalue weighted by Crippen LogP contribution is -2.28. The molecular formula is C74H138O5. The van der Waals surface area contributed by atoms with Crippen LogP contribution in [-0.2, 0) is 19.1 Å². The summed E-state index contributed by atoms with van der Waals surface area (Å²) < 4.78 is 10.8. The predicted molar refractivity (Wildman–Crippen MR) is 348 cm³/mol. The van der Waals surface area contributed by atoms with Crippen LogP contribution in [0.25, 0.3) is 0 Å². The Morgan fingerprint density at radius 1 is 0.304 bits per heavy atom. The molecule has 0 aromatic rings. The molecule has 0 aliphatic rings. The van der Waals surface area contributed by atoms with Crippen molar-refractivity contribution in [2.45, 2.75) is 399 Å². The number of aliphatic hydroxyl groups excluding tert-OH is 1. The van der Waals surface area contributed by atoms with Gasteiger partial charge in [0.25, 0.3) is 0 Å². The average molecular weight is 1110 g/mol. The summed E-state index contributed by atoms with van der Waals surface area (Å²) in [7, 11) is 0. The Kier molecular flexibility index (Phi) is 68.2. The van der Waals surface area contributed by atoms with Gasteiger partial charge in [0, 0.05) is 12.8 Å². The molecule has 0 rings (SSSR count). The largest absolute Gasteiger partial charge is 0.462 e. The fraction of sp³-hybridized carbons (Fsp3) is 0.865.